The summed E-state index contributed by atoms with van der Waals surface area (Å²) < 4.78 is 0. The normalized spacial score (nSPS) is 28.3. The molecule has 28 heavy (non-hydrogen) atoms. The van der Waals surface area contributed by atoms with Gasteiger partial charge >= 0.3 is 0 Å². The number of hydrogen-bond donors (Lipinski definition) is 0. The summed E-state index contributed by atoms with van der Waals surface area (Å²) in [7, 11) is 0. The molecule has 0 N–H and O–H groups in total. The van der Waals surface area contributed by atoms with Crippen LogP contribution in [0, 0.1) is 29.1 Å². The second kappa shape index (κ2) is 11.5. The van der Waals surface area contributed by atoms with Crippen LogP contribution in [0.15, 0.2) is 36.4 Å². The molecule has 1 nitrogen and oxygen atoms in total. The van der Waals surface area contributed by atoms with Crippen LogP contribution in [-0.2, 0) is 0 Å². The van der Waals surface area contributed by atoms with Crippen LogP contribution >= 0.6 is 0 Å². The molecule has 0 bridgehead atoms. The molecule has 1 heteroatoms. The van der Waals surface area contributed by atoms with E-state index in [4.69, 9.17) is 5.26 Å². The minimum absolute atomic E-state index is 0.695. The molecular weight excluding hydrogens is 338 g/mol. The van der Waals surface area contributed by atoms with Crippen LogP contribution < -0.4 is 0 Å². The van der Waals surface area contributed by atoms with Crippen LogP contribution in [0.1, 0.15) is 107 Å². The maximum atomic E-state index is 8.94. The van der Waals surface area contributed by atoms with E-state index in [2.05, 4.69) is 37.3 Å². The zero-order chi connectivity index (χ0) is 19.6. The third-order valence-electron chi connectivity index (χ3n) is 7.37. The Morgan fingerprint density at radius 3 is 2.14 bits per heavy atom. The topological polar surface area (TPSA) is 23.8 Å². The molecule has 2 saturated carbocycles. The molecule has 0 unspecified atom stereocenters. The van der Waals surface area contributed by atoms with Gasteiger partial charge in [0.15, 0.2) is 0 Å². The van der Waals surface area contributed by atoms with Gasteiger partial charge in [0, 0.05) is 0 Å². The Hall–Kier alpha value is -1.55. The third-order valence-corrected chi connectivity index (χ3v) is 7.37. The molecule has 0 heterocycles. The quantitative estimate of drug-likeness (QED) is 0.419. The Morgan fingerprint density at radius 1 is 0.893 bits per heavy atom. The summed E-state index contributed by atoms with van der Waals surface area (Å²) in [6.45, 7) is 2.32. The van der Waals surface area contributed by atoms with Crippen molar-refractivity contribution in [2.24, 2.45) is 17.8 Å². The molecule has 2 fully saturated rings. The molecule has 2 aliphatic carbocycles. The molecule has 0 aromatic heterocycles. The van der Waals surface area contributed by atoms with E-state index in [-0.39, 0.29) is 0 Å². The minimum Gasteiger partial charge on any atom is -0.192 e. The molecule has 0 radical (unpaired) electrons. The highest BCUT2D eigenvalue weighted by Crippen LogP contribution is 2.37. The van der Waals surface area contributed by atoms with Crippen molar-refractivity contribution >= 4 is 0 Å². The lowest BCUT2D eigenvalue weighted by Crippen LogP contribution is -2.14. The first-order chi connectivity index (χ1) is 13.8. The number of nitriles is 1. The van der Waals surface area contributed by atoms with Crippen LogP contribution in [0.3, 0.4) is 0 Å². The van der Waals surface area contributed by atoms with Gasteiger partial charge in [0.25, 0.3) is 0 Å². The van der Waals surface area contributed by atoms with E-state index in [1.165, 1.54) is 89.0 Å². The van der Waals surface area contributed by atoms with E-state index in [1.54, 1.807) is 0 Å². The fourth-order valence-electron chi connectivity index (χ4n) is 5.40. The van der Waals surface area contributed by atoms with Gasteiger partial charge in [0.1, 0.15) is 0 Å². The number of unbranched alkanes of at least 4 members (excludes halogenated alkanes) is 1. The largest absolute Gasteiger partial charge is 0.192 e. The van der Waals surface area contributed by atoms with Crippen molar-refractivity contribution in [3.8, 4) is 6.07 Å². The number of hydrogen-bond acceptors (Lipinski definition) is 1. The van der Waals surface area contributed by atoms with Crippen LogP contribution in [0.5, 0.6) is 0 Å². The first kappa shape index (κ1) is 21.2. The van der Waals surface area contributed by atoms with Crippen molar-refractivity contribution in [1.29, 1.82) is 5.26 Å². The van der Waals surface area contributed by atoms with E-state index >= 15 is 0 Å². The third kappa shape index (κ3) is 6.51. The molecule has 2 aliphatic rings. The molecule has 0 amide bonds. The molecule has 0 spiro atoms. The number of benzene rings is 1. The maximum Gasteiger partial charge on any atom is 0.0991 e. The van der Waals surface area contributed by atoms with E-state index < -0.39 is 0 Å². The molecule has 0 saturated heterocycles. The van der Waals surface area contributed by atoms with Gasteiger partial charge in [-0.15, -0.1) is 0 Å². The van der Waals surface area contributed by atoms with E-state index in [0.29, 0.717) is 5.92 Å². The fraction of sp³-hybridized carbons (Fsp3) is 0.667. The first-order valence-corrected chi connectivity index (χ1v) is 11.9. The van der Waals surface area contributed by atoms with E-state index in [0.717, 1.165) is 23.3 Å². The Kier molecular flexibility index (Phi) is 8.66. The highest BCUT2D eigenvalue weighted by atomic mass is 14.3. The van der Waals surface area contributed by atoms with Crippen molar-refractivity contribution in [2.45, 2.75) is 96.3 Å². The predicted octanol–water partition coefficient (Wildman–Crippen LogP) is 8.17. The molecule has 1 aromatic rings. The van der Waals surface area contributed by atoms with Crippen LogP contribution in [0.4, 0.5) is 0 Å². The van der Waals surface area contributed by atoms with Gasteiger partial charge in [-0.3, -0.25) is 0 Å². The summed E-state index contributed by atoms with van der Waals surface area (Å²) in [5.74, 6) is 3.52. The standard InChI is InChI=1S/C27H39N/c1-2-3-6-22-9-11-23(12-10-22)7-4-5-8-24-13-17-26(18-14-24)27-19-15-25(21-28)16-20-27/h5,8,15-16,19-20,22-24,26H,2-4,6-7,9-14,17-18H2,1H3/b8-5+. The molecule has 0 aliphatic heterocycles. The predicted molar refractivity (Wildman–Crippen MR) is 119 cm³/mol. The lowest BCUT2D eigenvalue weighted by molar-refractivity contribution is 0.250. The van der Waals surface area contributed by atoms with Gasteiger partial charge in [-0.1, -0.05) is 76.2 Å². The average molecular weight is 378 g/mol. The molecule has 152 valence electrons. The second-order valence-electron chi connectivity index (χ2n) is 9.38. The highest BCUT2D eigenvalue weighted by Gasteiger charge is 2.22. The van der Waals surface area contributed by atoms with Crippen molar-refractivity contribution in [3.05, 3.63) is 47.5 Å². The summed E-state index contributed by atoms with van der Waals surface area (Å²) >= 11 is 0. The average Bonchev–Trinajstić information content (AvgIpc) is 2.76. The monoisotopic (exact) mass is 377 g/mol. The Labute approximate surface area is 173 Å². The van der Waals surface area contributed by atoms with Gasteiger partial charge in [0.05, 0.1) is 11.6 Å². The molecule has 0 atom stereocenters. The highest BCUT2D eigenvalue weighted by molar-refractivity contribution is 5.33. The van der Waals surface area contributed by atoms with Crippen molar-refractivity contribution in [3.63, 3.8) is 0 Å². The zero-order valence-corrected chi connectivity index (χ0v) is 17.9. The first-order valence-electron chi connectivity index (χ1n) is 11.9. The van der Waals surface area contributed by atoms with Crippen molar-refractivity contribution in [1.82, 2.24) is 0 Å². The summed E-state index contributed by atoms with van der Waals surface area (Å²) in [5.41, 5.74) is 2.20. The number of allylic oxidation sites excluding steroid dienone is 2. The Balaban J connectivity index is 1.31. The second-order valence-corrected chi connectivity index (χ2v) is 9.38. The van der Waals surface area contributed by atoms with Gasteiger partial charge in [-0.25, -0.2) is 0 Å². The molecule has 3 rings (SSSR count). The lowest BCUT2D eigenvalue weighted by atomic mass is 9.77. The van der Waals surface area contributed by atoms with Crippen LogP contribution in [0.25, 0.3) is 0 Å². The van der Waals surface area contributed by atoms with Gasteiger partial charge in [-0.05, 0) is 79.9 Å². The fourth-order valence-corrected chi connectivity index (χ4v) is 5.40. The SMILES string of the molecule is CCCCC1CCC(CC/C=C/C2CCC(c3ccc(C#N)cc3)CC2)CC1. The molecular formula is C27H39N. The van der Waals surface area contributed by atoms with Crippen molar-refractivity contribution in [2.75, 3.05) is 0 Å². The van der Waals surface area contributed by atoms with E-state index in [9.17, 15) is 0 Å². The molecule has 1 aromatic carbocycles. The van der Waals surface area contributed by atoms with Gasteiger partial charge in [-0.2, -0.15) is 5.26 Å². The van der Waals surface area contributed by atoms with Crippen molar-refractivity contribution < 1.29 is 0 Å². The van der Waals surface area contributed by atoms with Crippen LogP contribution in [-0.4, -0.2) is 0 Å². The Bertz CT molecular complexity index is 619. The van der Waals surface area contributed by atoms with Gasteiger partial charge < -0.3 is 0 Å². The summed E-state index contributed by atoms with van der Waals surface area (Å²) in [4.78, 5) is 0. The summed E-state index contributed by atoms with van der Waals surface area (Å²) in [6.07, 6.45) is 23.2. The number of nitrogens with zero attached hydrogens (tertiary/aromatic N) is 1. The smallest absolute Gasteiger partial charge is 0.0991 e. The summed E-state index contributed by atoms with van der Waals surface area (Å²) in [6, 6.07) is 10.5. The van der Waals surface area contributed by atoms with Crippen LogP contribution in [0.2, 0.25) is 0 Å². The zero-order valence-electron chi connectivity index (χ0n) is 17.9. The van der Waals surface area contributed by atoms with Gasteiger partial charge in [0.2, 0.25) is 0 Å². The maximum absolute atomic E-state index is 8.94. The van der Waals surface area contributed by atoms with E-state index in [1.807, 2.05) is 12.1 Å². The number of rotatable bonds is 8. The minimum atomic E-state index is 0.695. The lowest BCUT2D eigenvalue weighted by Gasteiger charge is -2.28. The Morgan fingerprint density at radius 2 is 1.54 bits per heavy atom. The summed E-state index contributed by atoms with van der Waals surface area (Å²) in [5, 5.41) is 8.94.